The normalized spacial score (nSPS) is 14.3. The number of imide groups is 2. The zero-order valence-corrected chi connectivity index (χ0v) is 27.5. The van der Waals surface area contributed by atoms with Crippen molar-refractivity contribution in [2.75, 3.05) is 4.93 Å². The summed E-state index contributed by atoms with van der Waals surface area (Å²) in [6.45, 7) is 4.26. The van der Waals surface area contributed by atoms with Gasteiger partial charge in [0.2, 0.25) is 5.91 Å². The van der Waals surface area contributed by atoms with E-state index in [1.54, 1.807) is 0 Å². The van der Waals surface area contributed by atoms with E-state index >= 15 is 0 Å². The number of benzene rings is 2. The zero-order chi connectivity index (χ0) is 26.4. The summed E-state index contributed by atoms with van der Waals surface area (Å²) in [5.41, 5.74) is 2.29. The van der Waals surface area contributed by atoms with Crippen LogP contribution in [0, 0.1) is 0 Å². The molecule has 1 saturated heterocycles. The molecule has 0 spiro atoms. The van der Waals surface area contributed by atoms with Crippen LogP contribution in [-0.2, 0) is 32.3 Å². The van der Waals surface area contributed by atoms with Crippen LogP contribution in [0.25, 0.3) is 0 Å². The highest BCUT2D eigenvalue weighted by atomic mass is 127. The van der Waals surface area contributed by atoms with Crippen molar-refractivity contribution in [2.45, 2.75) is 19.4 Å². The molecule has 0 aromatic heterocycles. The molecule has 2 aliphatic rings. The van der Waals surface area contributed by atoms with E-state index in [1.165, 1.54) is 22.0 Å². The first-order valence-corrected chi connectivity index (χ1v) is 16.0. The smallest absolute Gasteiger partial charge is 0.256 e. The summed E-state index contributed by atoms with van der Waals surface area (Å²) < 4.78 is 0.743. The molecule has 186 valence electrons. The highest BCUT2D eigenvalue weighted by Crippen LogP contribution is 2.19. The number of hydrogen-bond acceptors (Lipinski definition) is 4. The molecule has 0 unspecified atom stereocenters. The number of alkyl halides is 4. The average molecular weight is 924 g/mol. The Bertz CT molecular complexity index is 1020. The molecule has 0 aliphatic carbocycles. The van der Waals surface area contributed by atoms with Crippen LogP contribution in [0.3, 0.4) is 0 Å². The summed E-state index contributed by atoms with van der Waals surface area (Å²) in [6.07, 6.45) is 2.75. The maximum atomic E-state index is 11.5. The lowest BCUT2D eigenvalue weighted by Crippen LogP contribution is -2.29. The summed E-state index contributed by atoms with van der Waals surface area (Å²) in [4.78, 5) is 49.8. The molecule has 2 aromatic rings. The number of carbonyl (C=O) groups is 4. The van der Waals surface area contributed by atoms with Gasteiger partial charge in [0.05, 0.1) is 19.5 Å². The van der Waals surface area contributed by atoms with Gasteiger partial charge in [-0.1, -0.05) is 158 Å². The van der Waals surface area contributed by atoms with Crippen molar-refractivity contribution in [3.8, 4) is 0 Å². The number of amides is 4. The fraction of sp³-hybridized carbons (Fsp3) is 0.200. The van der Waals surface area contributed by atoms with Gasteiger partial charge in [0.25, 0.3) is 17.7 Å². The van der Waals surface area contributed by atoms with Gasteiger partial charge in [-0.3, -0.25) is 29.0 Å². The maximum absolute atomic E-state index is 11.5. The van der Waals surface area contributed by atoms with E-state index in [0.717, 1.165) is 11.1 Å². The molecule has 1 fully saturated rings. The Morgan fingerprint density at radius 1 is 0.743 bits per heavy atom. The van der Waals surface area contributed by atoms with E-state index in [-0.39, 0.29) is 30.0 Å². The van der Waals surface area contributed by atoms with E-state index in [4.69, 9.17) is 0 Å². The molecule has 10 heteroatoms. The van der Waals surface area contributed by atoms with E-state index in [1.807, 2.05) is 65.6 Å². The Morgan fingerprint density at radius 3 is 1.46 bits per heavy atom. The van der Waals surface area contributed by atoms with Crippen LogP contribution in [0.5, 0.6) is 0 Å². The topological polar surface area (TPSA) is 74.8 Å². The van der Waals surface area contributed by atoms with Gasteiger partial charge < -0.3 is 0 Å². The van der Waals surface area contributed by atoms with Gasteiger partial charge in [0, 0.05) is 17.7 Å². The van der Waals surface area contributed by atoms with Gasteiger partial charge in [-0.2, -0.15) is 0 Å². The van der Waals surface area contributed by atoms with E-state index in [2.05, 4.69) is 96.9 Å². The van der Waals surface area contributed by atoms with Crippen LogP contribution in [-0.4, -0.2) is 38.3 Å². The van der Waals surface area contributed by atoms with Crippen LogP contribution in [0.1, 0.15) is 17.5 Å². The van der Waals surface area contributed by atoms with Crippen LogP contribution >= 0.6 is 90.4 Å². The molecule has 2 heterocycles. The molecule has 4 rings (SSSR count). The first-order chi connectivity index (χ1) is 16.7. The second kappa shape index (κ2) is 17.6. The molecular weight excluding hydrogens is 900 g/mol. The number of carbonyl (C=O) groups excluding carboxylic acids is 4. The summed E-state index contributed by atoms with van der Waals surface area (Å²) in [7, 11) is 0. The fourth-order valence-corrected chi connectivity index (χ4v) is 2.94. The second-order valence-electron chi connectivity index (χ2n) is 6.88. The predicted molar refractivity (Wildman–Crippen MR) is 173 cm³/mol. The summed E-state index contributed by atoms with van der Waals surface area (Å²) in [5, 5.41) is 0. The summed E-state index contributed by atoms with van der Waals surface area (Å²) >= 11 is 9.10. The molecule has 6 nitrogen and oxygen atoms in total. The van der Waals surface area contributed by atoms with Crippen molar-refractivity contribution < 1.29 is 19.2 Å². The van der Waals surface area contributed by atoms with Gasteiger partial charge in [-0.15, -0.1) is 0 Å². The van der Waals surface area contributed by atoms with Crippen molar-refractivity contribution in [1.82, 2.24) is 9.80 Å². The van der Waals surface area contributed by atoms with Gasteiger partial charge in [0.15, 0.2) is 0 Å². The largest absolute Gasteiger partial charge is 0.274 e. The Hall–Kier alpha value is -0.880. The van der Waals surface area contributed by atoms with Crippen LogP contribution in [0.4, 0.5) is 0 Å². The predicted octanol–water partition coefficient (Wildman–Crippen LogP) is 6.24. The highest BCUT2D eigenvalue weighted by Gasteiger charge is 2.32. The number of nitrogens with zero attached hydrogens (tertiary/aromatic N) is 2. The van der Waals surface area contributed by atoms with Crippen molar-refractivity contribution in [3.05, 3.63) is 96.1 Å². The van der Waals surface area contributed by atoms with Crippen LogP contribution < -0.4 is 0 Å². The molecular formula is C25H24I4N2O4. The Morgan fingerprint density at radius 2 is 1.11 bits per heavy atom. The van der Waals surface area contributed by atoms with Crippen LogP contribution in [0.2, 0.25) is 0 Å². The first-order valence-electron chi connectivity index (χ1n) is 10.1. The molecule has 0 bridgehead atoms. The minimum absolute atomic E-state index is 0.158. The molecule has 0 atom stereocenters. The third-order valence-electron chi connectivity index (χ3n) is 4.48. The molecule has 2 aromatic carbocycles. The quantitative estimate of drug-likeness (QED) is 0.158. The van der Waals surface area contributed by atoms with Gasteiger partial charge >= 0.3 is 0 Å². The monoisotopic (exact) mass is 924 g/mol. The van der Waals surface area contributed by atoms with E-state index in [0.29, 0.717) is 18.7 Å². The van der Waals surface area contributed by atoms with E-state index in [9.17, 15) is 19.2 Å². The van der Waals surface area contributed by atoms with Crippen molar-refractivity contribution in [3.63, 3.8) is 0 Å². The number of likely N-dealkylation sites (tertiary alicyclic amines) is 1. The van der Waals surface area contributed by atoms with E-state index < -0.39 is 0 Å². The standard InChI is InChI=1S/C12H11NO2.C11H9NO2.CHI3.CH3I/c1-9-7-11(14)13(12(9)15)8-10-5-3-2-4-6-10;13-10-6-7-11(14)12(10)8-9-4-2-1-3-5-9;2-1(3)4;1-2/h2-6H,1,7-8H2;1-7H,8H2;1H;1H3. The van der Waals surface area contributed by atoms with Gasteiger partial charge in [-0.25, -0.2) is 0 Å². The third-order valence-corrected chi connectivity index (χ3v) is 4.48. The summed E-state index contributed by atoms with van der Waals surface area (Å²) in [6, 6.07) is 18.9. The average Bonchev–Trinajstić information content (AvgIpc) is 3.28. The zero-order valence-electron chi connectivity index (χ0n) is 18.9. The fourth-order valence-electron chi connectivity index (χ4n) is 2.94. The Balaban J connectivity index is 0.000000287. The number of rotatable bonds is 4. The highest BCUT2D eigenvalue weighted by molar-refractivity contribution is 14.3. The molecule has 35 heavy (non-hydrogen) atoms. The third kappa shape index (κ3) is 11.8. The molecule has 4 amide bonds. The van der Waals surface area contributed by atoms with Crippen molar-refractivity contribution >= 4 is 114 Å². The van der Waals surface area contributed by atoms with Gasteiger partial charge in [-0.05, 0) is 16.1 Å². The lowest BCUT2D eigenvalue weighted by molar-refractivity contribution is -0.139. The molecule has 0 N–H and O–H groups in total. The SMILES string of the molecule is C=C1CC(=O)N(Cc2ccccc2)C1=O.CI.IC(I)I.O=C1C=CC(=O)N1Cc1ccccc1. The van der Waals surface area contributed by atoms with Gasteiger partial charge in [0.1, 0.15) is -0.0619 Å². The molecule has 2 aliphatic heterocycles. The number of hydrogen-bond donors (Lipinski definition) is 0. The Labute approximate surface area is 260 Å². The molecule has 0 saturated carbocycles. The van der Waals surface area contributed by atoms with Crippen LogP contribution in [0.15, 0.2) is 85.0 Å². The minimum atomic E-state index is -0.246. The second-order valence-corrected chi connectivity index (χ2v) is 17.8. The number of halogens is 4. The molecule has 0 radical (unpaired) electrons. The Kier molecular flexibility index (Phi) is 16.1. The summed E-state index contributed by atoms with van der Waals surface area (Å²) in [5.74, 6) is -0.879. The maximum Gasteiger partial charge on any atom is 0.256 e. The van der Waals surface area contributed by atoms with Crippen molar-refractivity contribution in [1.29, 1.82) is 0 Å². The lowest BCUT2D eigenvalue weighted by Gasteiger charge is -2.13. The van der Waals surface area contributed by atoms with Crippen molar-refractivity contribution in [2.24, 2.45) is 0 Å². The first kappa shape index (κ1) is 32.1. The lowest BCUT2D eigenvalue weighted by atomic mass is 10.2. The minimum Gasteiger partial charge on any atom is -0.274 e.